The zero-order valence-electron chi connectivity index (χ0n) is 7.90. The summed E-state index contributed by atoms with van der Waals surface area (Å²) in [5, 5.41) is 1.46. The molecule has 78 valence electrons. The van der Waals surface area contributed by atoms with E-state index in [-0.39, 0.29) is 0 Å². The van der Waals surface area contributed by atoms with Crippen molar-refractivity contribution in [3.05, 3.63) is 30.3 Å². The summed E-state index contributed by atoms with van der Waals surface area (Å²) in [5.41, 5.74) is 0. The zero-order valence-corrected chi connectivity index (χ0v) is 10.4. The van der Waals surface area contributed by atoms with Crippen molar-refractivity contribution in [2.75, 3.05) is 11.5 Å². The van der Waals surface area contributed by atoms with Crippen LogP contribution in [0.2, 0.25) is 0 Å². The maximum absolute atomic E-state index is 11.8. The van der Waals surface area contributed by atoms with Gasteiger partial charge in [-0.25, -0.2) is 0 Å². The zero-order chi connectivity index (χ0) is 10.4. The highest BCUT2D eigenvalue weighted by Crippen LogP contribution is 2.39. The minimum atomic E-state index is -3.10. The third-order valence-corrected chi connectivity index (χ3v) is 4.59. The molecule has 0 saturated carbocycles. The van der Waals surface area contributed by atoms with Gasteiger partial charge in [-0.2, -0.15) is 0 Å². The lowest BCUT2D eigenvalue weighted by Crippen LogP contribution is -2.06. The topological polar surface area (TPSA) is 37.3 Å². The van der Waals surface area contributed by atoms with Gasteiger partial charge in [0.1, 0.15) is 0 Å². The van der Waals surface area contributed by atoms with Gasteiger partial charge in [-0.1, -0.05) is 34.1 Å². The van der Waals surface area contributed by atoms with Gasteiger partial charge in [0.15, 0.2) is 0 Å². The third kappa shape index (κ3) is 3.56. The normalized spacial score (nSPS) is 15.0. The summed E-state index contributed by atoms with van der Waals surface area (Å²) in [6.07, 6.45) is 2.11. The molecule has 0 aromatic heterocycles. The molecule has 0 saturated heterocycles. The van der Waals surface area contributed by atoms with Gasteiger partial charge < -0.3 is 4.89 Å². The average molecular weight is 277 g/mol. The maximum atomic E-state index is 11.8. The van der Waals surface area contributed by atoms with Gasteiger partial charge in [-0.15, -0.1) is 0 Å². The molecule has 0 aliphatic rings. The molecule has 1 aromatic carbocycles. The number of hydrogen-bond acceptors (Lipinski definition) is 1. The van der Waals surface area contributed by atoms with Gasteiger partial charge in [0.25, 0.3) is 0 Å². The number of benzene rings is 1. The Hall–Kier alpha value is -0.110. The summed E-state index contributed by atoms with van der Waals surface area (Å²) in [7, 11) is -3.10. The Morgan fingerprint density at radius 1 is 1.21 bits per heavy atom. The maximum Gasteiger partial charge on any atom is 0.229 e. The Labute approximate surface area is 92.9 Å². The van der Waals surface area contributed by atoms with E-state index in [0.717, 1.165) is 18.2 Å². The standard InChI is InChI=1S/C10H14BrO2P/c11-8-4-5-9-14(12,13)10-6-2-1-3-7-10/h1-3,6-7H,4-5,8-9H2,(H,12,13). The van der Waals surface area contributed by atoms with E-state index in [4.69, 9.17) is 0 Å². The van der Waals surface area contributed by atoms with Crippen molar-refractivity contribution < 1.29 is 9.46 Å². The summed E-state index contributed by atoms with van der Waals surface area (Å²) in [5.74, 6) is 0. The van der Waals surface area contributed by atoms with E-state index in [2.05, 4.69) is 15.9 Å². The summed E-state index contributed by atoms with van der Waals surface area (Å²) < 4.78 is 11.8. The first-order valence-corrected chi connectivity index (χ1v) is 7.57. The lowest BCUT2D eigenvalue weighted by molar-refractivity contribution is 0.487. The van der Waals surface area contributed by atoms with Crippen molar-refractivity contribution >= 4 is 28.6 Å². The molecule has 14 heavy (non-hydrogen) atoms. The van der Waals surface area contributed by atoms with Crippen molar-refractivity contribution in [1.82, 2.24) is 0 Å². The lowest BCUT2D eigenvalue weighted by Gasteiger charge is -2.10. The predicted molar refractivity (Wildman–Crippen MR) is 63.8 cm³/mol. The third-order valence-electron chi connectivity index (χ3n) is 2.00. The second-order valence-electron chi connectivity index (χ2n) is 3.16. The monoisotopic (exact) mass is 276 g/mol. The smallest absolute Gasteiger partial charge is 0.229 e. The highest BCUT2D eigenvalue weighted by atomic mass is 79.9. The number of halogens is 1. The second kappa shape index (κ2) is 5.69. The molecule has 0 heterocycles. The van der Waals surface area contributed by atoms with E-state index < -0.39 is 7.37 Å². The van der Waals surface area contributed by atoms with Crippen LogP contribution in [-0.4, -0.2) is 16.4 Å². The van der Waals surface area contributed by atoms with Crippen LogP contribution in [0.25, 0.3) is 0 Å². The molecule has 4 heteroatoms. The van der Waals surface area contributed by atoms with Crippen LogP contribution in [0.1, 0.15) is 12.8 Å². The highest BCUT2D eigenvalue weighted by Gasteiger charge is 2.19. The van der Waals surface area contributed by atoms with Gasteiger partial charge in [-0.3, -0.25) is 4.57 Å². The predicted octanol–water partition coefficient (Wildman–Crippen LogP) is 2.76. The summed E-state index contributed by atoms with van der Waals surface area (Å²) >= 11 is 3.30. The Kier molecular flexibility index (Phi) is 4.86. The van der Waals surface area contributed by atoms with E-state index in [1.165, 1.54) is 0 Å². The Morgan fingerprint density at radius 2 is 1.86 bits per heavy atom. The largest absolute Gasteiger partial charge is 0.341 e. The van der Waals surface area contributed by atoms with Gasteiger partial charge >= 0.3 is 0 Å². The van der Waals surface area contributed by atoms with E-state index >= 15 is 0 Å². The minimum Gasteiger partial charge on any atom is -0.341 e. The molecular formula is C10H14BrO2P. The van der Waals surface area contributed by atoms with E-state index in [1.807, 2.05) is 6.07 Å². The Bertz CT molecular complexity index is 313. The minimum absolute atomic E-state index is 0.378. The molecule has 1 rings (SSSR count). The molecule has 1 N–H and O–H groups in total. The first-order chi connectivity index (χ1) is 6.67. The fourth-order valence-electron chi connectivity index (χ4n) is 1.21. The molecule has 0 aliphatic carbocycles. The number of hydrogen-bond donors (Lipinski definition) is 1. The van der Waals surface area contributed by atoms with Crippen molar-refractivity contribution in [2.45, 2.75) is 12.8 Å². The van der Waals surface area contributed by atoms with Crippen LogP contribution in [0.15, 0.2) is 30.3 Å². The van der Waals surface area contributed by atoms with Crippen molar-refractivity contribution in [3.63, 3.8) is 0 Å². The molecule has 1 unspecified atom stereocenters. The van der Waals surface area contributed by atoms with Crippen molar-refractivity contribution in [2.24, 2.45) is 0 Å². The Morgan fingerprint density at radius 3 is 2.43 bits per heavy atom. The van der Waals surface area contributed by atoms with Crippen molar-refractivity contribution in [1.29, 1.82) is 0 Å². The molecule has 0 bridgehead atoms. The van der Waals surface area contributed by atoms with Crippen LogP contribution in [0, 0.1) is 0 Å². The SMILES string of the molecule is O=P(O)(CCCCBr)c1ccccc1. The fourth-order valence-corrected chi connectivity index (χ4v) is 3.16. The van der Waals surface area contributed by atoms with Crippen LogP contribution >= 0.6 is 23.3 Å². The average Bonchev–Trinajstić information content (AvgIpc) is 2.19. The van der Waals surface area contributed by atoms with Crippen LogP contribution < -0.4 is 5.30 Å². The van der Waals surface area contributed by atoms with Crippen LogP contribution in [0.3, 0.4) is 0 Å². The van der Waals surface area contributed by atoms with E-state index in [9.17, 15) is 9.46 Å². The summed E-state index contributed by atoms with van der Waals surface area (Å²) in [4.78, 5) is 9.75. The molecule has 1 atom stereocenters. The molecule has 2 nitrogen and oxygen atoms in total. The fraction of sp³-hybridized carbons (Fsp3) is 0.400. The molecule has 0 aliphatic heterocycles. The van der Waals surface area contributed by atoms with Gasteiger partial charge in [0.2, 0.25) is 7.37 Å². The quantitative estimate of drug-likeness (QED) is 0.510. The summed E-state index contributed by atoms with van der Waals surface area (Å²) in [6, 6.07) is 8.87. The first kappa shape index (κ1) is 12.0. The molecule has 0 spiro atoms. The first-order valence-electron chi connectivity index (χ1n) is 4.60. The number of rotatable bonds is 5. The number of alkyl halides is 1. The molecular weight excluding hydrogens is 263 g/mol. The molecule has 0 radical (unpaired) electrons. The van der Waals surface area contributed by atoms with Crippen LogP contribution in [0.4, 0.5) is 0 Å². The van der Waals surface area contributed by atoms with Crippen LogP contribution in [0.5, 0.6) is 0 Å². The number of unbranched alkanes of at least 4 members (excludes halogenated alkanes) is 1. The second-order valence-corrected chi connectivity index (χ2v) is 6.32. The summed E-state index contributed by atoms with van der Waals surface area (Å²) in [6.45, 7) is 0. The van der Waals surface area contributed by atoms with Gasteiger partial charge in [-0.05, 0) is 25.0 Å². The Balaban J connectivity index is 2.62. The lowest BCUT2D eigenvalue weighted by atomic mass is 10.4. The van der Waals surface area contributed by atoms with E-state index in [1.54, 1.807) is 24.3 Å². The molecule has 0 amide bonds. The van der Waals surface area contributed by atoms with E-state index in [0.29, 0.717) is 11.5 Å². The van der Waals surface area contributed by atoms with Crippen LogP contribution in [-0.2, 0) is 4.57 Å². The van der Waals surface area contributed by atoms with Crippen molar-refractivity contribution in [3.8, 4) is 0 Å². The molecule has 0 fully saturated rings. The molecule has 1 aromatic rings. The van der Waals surface area contributed by atoms with Gasteiger partial charge in [0, 0.05) is 16.8 Å². The van der Waals surface area contributed by atoms with Gasteiger partial charge in [0.05, 0.1) is 0 Å². The highest BCUT2D eigenvalue weighted by molar-refractivity contribution is 9.09.